The highest BCUT2D eigenvalue weighted by atomic mass is 35.5. The molecule has 0 aliphatic carbocycles. The van der Waals surface area contributed by atoms with E-state index in [9.17, 15) is 10.2 Å². The Labute approximate surface area is 93.2 Å². The molecule has 0 radical (unpaired) electrons. The Morgan fingerprint density at radius 1 is 1.50 bits per heavy atom. The smallest absolute Gasteiger partial charge is 0.134 e. The van der Waals surface area contributed by atoms with Crippen LogP contribution in [0.1, 0.15) is 18.1 Å². The van der Waals surface area contributed by atoms with E-state index in [0.717, 1.165) is 0 Å². The summed E-state index contributed by atoms with van der Waals surface area (Å²) in [6.07, 6.45) is 0.0940. The van der Waals surface area contributed by atoms with Crippen LogP contribution in [0.5, 0.6) is 0 Å². The van der Waals surface area contributed by atoms with Crippen LogP contribution >= 0.6 is 24.2 Å². The van der Waals surface area contributed by atoms with E-state index in [0.29, 0.717) is 17.7 Å². The predicted octanol–water partition coefficient (Wildman–Crippen LogP) is 1.45. The van der Waals surface area contributed by atoms with Crippen LogP contribution in [0.15, 0.2) is 18.3 Å². The summed E-state index contributed by atoms with van der Waals surface area (Å²) in [7, 11) is 0. The number of aliphatic hydroxyl groups excluding tert-OH is 2. The van der Waals surface area contributed by atoms with Gasteiger partial charge in [-0.2, -0.15) is 12.6 Å². The van der Waals surface area contributed by atoms with Crippen molar-refractivity contribution >= 4 is 24.2 Å². The van der Waals surface area contributed by atoms with Crippen LogP contribution in [-0.4, -0.2) is 27.1 Å². The lowest BCUT2D eigenvalue weighted by Gasteiger charge is -2.17. The minimum atomic E-state index is -0.997. The van der Waals surface area contributed by atoms with Crippen LogP contribution in [0.25, 0.3) is 0 Å². The molecule has 1 aromatic rings. The molecule has 0 aliphatic rings. The molecule has 2 atom stereocenters. The van der Waals surface area contributed by atoms with Crippen LogP contribution in [-0.2, 0) is 0 Å². The van der Waals surface area contributed by atoms with Gasteiger partial charge in [0.15, 0.2) is 0 Å². The van der Waals surface area contributed by atoms with E-state index in [-0.39, 0.29) is 5.15 Å². The summed E-state index contributed by atoms with van der Waals surface area (Å²) in [6, 6.07) is 3.31. The van der Waals surface area contributed by atoms with Gasteiger partial charge >= 0.3 is 0 Å². The van der Waals surface area contributed by atoms with E-state index in [1.54, 1.807) is 12.1 Å². The van der Waals surface area contributed by atoms with Gasteiger partial charge in [0.05, 0.1) is 6.10 Å². The number of halogens is 1. The van der Waals surface area contributed by atoms with Crippen molar-refractivity contribution in [3.05, 3.63) is 29.0 Å². The monoisotopic (exact) mass is 233 g/mol. The second-order valence-corrected chi connectivity index (χ2v) is 3.71. The average molecular weight is 234 g/mol. The Morgan fingerprint density at radius 2 is 2.21 bits per heavy atom. The number of aromatic nitrogens is 1. The van der Waals surface area contributed by atoms with Gasteiger partial charge in [0.2, 0.25) is 0 Å². The highest BCUT2D eigenvalue weighted by Gasteiger charge is 2.20. The predicted molar refractivity (Wildman–Crippen MR) is 58.7 cm³/mol. The summed E-state index contributed by atoms with van der Waals surface area (Å²) in [6.45, 7) is 0. The Bertz CT molecular complexity index is 298. The third-order valence-electron chi connectivity index (χ3n) is 1.90. The zero-order valence-electron chi connectivity index (χ0n) is 7.47. The summed E-state index contributed by atoms with van der Waals surface area (Å²) in [4.78, 5) is 3.82. The van der Waals surface area contributed by atoms with Crippen LogP contribution in [0.3, 0.4) is 0 Å². The number of hydrogen-bond donors (Lipinski definition) is 3. The fourth-order valence-corrected chi connectivity index (χ4v) is 1.61. The Kier molecular flexibility index (Phi) is 4.68. The first-order chi connectivity index (χ1) is 6.66. The van der Waals surface area contributed by atoms with Gasteiger partial charge < -0.3 is 10.2 Å². The summed E-state index contributed by atoms with van der Waals surface area (Å²) >= 11 is 9.74. The van der Waals surface area contributed by atoms with Crippen molar-refractivity contribution in [1.82, 2.24) is 4.98 Å². The van der Waals surface area contributed by atoms with E-state index in [2.05, 4.69) is 17.6 Å². The molecule has 5 heteroatoms. The quantitative estimate of drug-likeness (QED) is 0.545. The Hall–Kier alpha value is -0.290. The van der Waals surface area contributed by atoms with E-state index in [1.807, 2.05) is 0 Å². The molecule has 3 nitrogen and oxygen atoms in total. The molecular formula is C9H12ClNO2S. The number of hydrogen-bond acceptors (Lipinski definition) is 4. The van der Waals surface area contributed by atoms with Crippen molar-refractivity contribution in [2.24, 2.45) is 0 Å². The molecule has 0 saturated carbocycles. The van der Waals surface area contributed by atoms with Gasteiger partial charge in [-0.3, -0.25) is 0 Å². The van der Waals surface area contributed by atoms with Crippen molar-refractivity contribution in [1.29, 1.82) is 0 Å². The van der Waals surface area contributed by atoms with E-state index in [1.165, 1.54) is 6.20 Å². The number of aliphatic hydroxyl groups is 2. The van der Waals surface area contributed by atoms with E-state index in [4.69, 9.17) is 11.6 Å². The van der Waals surface area contributed by atoms with Crippen molar-refractivity contribution in [3.63, 3.8) is 0 Å². The third kappa shape index (κ3) is 2.85. The lowest BCUT2D eigenvalue weighted by molar-refractivity contribution is 0.0171. The highest BCUT2D eigenvalue weighted by Crippen LogP contribution is 2.24. The normalized spacial score (nSPS) is 15.1. The molecule has 0 aromatic carbocycles. The molecule has 0 spiro atoms. The molecule has 0 amide bonds. The highest BCUT2D eigenvalue weighted by molar-refractivity contribution is 7.80. The molecule has 0 aliphatic heterocycles. The number of rotatable bonds is 4. The number of thiol groups is 1. The van der Waals surface area contributed by atoms with Crippen LogP contribution in [0.4, 0.5) is 0 Å². The van der Waals surface area contributed by atoms with Gasteiger partial charge in [0.1, 0.15) is 11.3 Å². The van der Waals surface area contributed by atoms with Crippen molar-refractivity contribution in [2.75, 3.05) is 5.75 Å². The van der Waals surface area contributed by atoms with Crippen LogP contribution in [0.2, 0.25) is 5.15 Å². The summed E-state index contributed by atoms with van der Waals surface area (Å²) in [5, 5.41) is 19.4. The molecule has 0 saturated heterocycles. The molecule has 78 valence electrons. The lowest BCUT2D eigenvalue weighted by atomic mass is 10.0. The molecule has 2 unspecified atom stereocenters. The Balaban J connectivity index is 2.78. The fraction of sp³-hybridized carbons (Fsp3) is 0.444. The molecule has 2 N–H and O–H groups in total. The first kappa shape index (κ1) is 11.8. The molecular weight excluding hydrogens is 222 g/mol. The minimum Gasteiger partial charge on any atom is -0.390 e. The standard InChI is InChI=1S/C9H12ClNO2S/c10-9-6(2-1-4-11-9)8(13)7(12)3-5-14/h1-2,4,7-8,12-14H,3,5H2. The molecule has 14 heavy (non-hydrogen) atoms. The topological polar surface area (TPSA) is 53.4 Å². The van der Waals surface area contributed by atoms with Gasteiger partial charge in [-0.25, -0.2) is 4.98 Å². The molecule has 1 heterocycles. The van der Waals surface area contributed by atoms with Gasteiger partial charge in [0, 0.05) is 11.8 Å². The van der Waals surface area contributed by atoms with Crippen LogP contribution in [0, 0.1) is 0 Å². The second kappa shape index (κ2) is 5.56. The van der Waals surface area contributed by atoms with Gasteiger partial charge in [-0.15, -0.1) is 0 Å². The molecule has 1 rings (SSSR count). The summed E-state index contributed by atoms with van der Waals surface area (Å²) < 4.78 is 0. The van der Waals surface area contributed by atoms with Crippen molar-refractivity contribution < 1.29 is 10.2 Å². The zero-order valence-corrected chi connectivity index (χ0v) is 9.12. The molecule has 1 aromatic heterocycles. The third-order valence-corrected chi connectivity index (χ3v) is 2.47. The molecule has 0 bridgehead atoms. The van der Waals surface area contributed by atoms with Gasteiger partial charge in [-0.05, 0) is 18.2 Å². The second-order valence-electron chi connectivity index (χ2n) is 2.91. The maximum absolute atomic E-state index is 9.69. The summed E-state index contributed by atoms with van der Waals surface area (Å²) in [5.41, 5.74) is 0.448. The van der Waals surface area contributed by atoms with Crippen molar-refractivity contribution in [3.8, 4) is 0 Å². The van der Waals surface area contributed by atoms with Crippen molar-refractivity contribution in [2.45, 2.75) is 18.6 Å². The van der Waals surface area contributed by atoms with Gasteiger partial charge in [0.25, 0.3) is 0 Å². The fourth-order valence-electron chi connectivity index (χ4n) is 1.12. The Morgan fingerprint density at radius 3 is 2.79 bits per heavy atom. The zero-order chi connectivity index (χ0) is 10.6. The number of nitrogens with zero attached hydrogens (tertiary/aromatic N) is 1. The van der Waals surface area contributed by atoms with Crippen LogP contribution < -0.4 is 0 Å². The first-order valence-electron chi connectivity index (χ1n) is 4.24. The largest absolute Gasteiger partial charge is 0.390 e. The van der Waals surface area contributed by atoms with Gasteiger partial charge in [-0.1, -0.05) is 17.7 Å². The molecule has 0 fully saturated rings. The van der Waals surface area contributed by atoms with E-state index < -0.39 is 12.2 Å². The number of pyridine rings is 1. The maximum atomic E-state index is 9.69. The SMILES string of the molecule is OC(CCS)C(O)c1cccnc1Cl. The average Bonchev–Trinajstić information content (AvgIpc) is 2.18. The minimum absolute atomic E-state index is 0.221. The lowest BCUT2D eigenvalue weighted by Crippen LogP contribution is -2.19. The first-order valence-corrected chi connectivity index (χ1v) is 5.25. The maximum Gasteiger partial charge on any atom is 0.134 e. The van der Waals surface area contributed by atoms with E-state index >= 15 is 0 Å². The summed E-state index contributed by atoms with van der Waals surface area (Å²) in [5.74, 6) is 0.510.